The van der Waals surface area contributed by atoms with Crippen LogP contribution in [0, 0.1) is 5.82 Å². The van der Waals surface area contributed by atoms with Crippen LogP contribution >= 0.6 is 0 Å². The van der Waals surface area contributed by atoms with E-state index < -0.39 is 11.4 Å². The van der Waals surface area contributed by atoms with Gasteiger partial charge in [0.15, 0.2) is 0 Å². The molecule has 0 heterocycles. The third kappa shape index (κ3) is 4.62. The van der Waals surface area contributed by atoms with Crippen LogP contribution in [-0.4, -0.2) is 42.0 Å². The average molecular weight is 282 g/mol. The van der Waals surface area contributed by atoms with E-state index in [4.69, 9.17) is 0 Å². The van der Waals surface area contributed by atoms with Gasteiger partial charge in [-0.15, -0.1) is 0 Å². The summed E-state index contributed by atoms with van der Waals surface area (Å²) in [6.45, 7) is 2.79. The molecule has 1 atom stereocenters. The van der Waals surface area contributed by atoms with Gasteiger partial charge in [-0.1, -0.05) is 12.1 Å². The van der Waals surface area contributed by atoms with Crippen molar-refractivity contribution >= 4 is 11.8 Å². The summed E-state index contributed by atoms with van der Waals surface area (Å²) in [7, 11) is 1.51. The molecule has 0 saturated carbocycles. The molecule has 1 aromatic rings. The van der Waals surface area contributed by atoms with Crippen LogP contribution in [0.5, 0.6) is 0 Å². The standard InChI is InChI=1S/C14H19FN2O3/c1-10(18)17(3)8-13(19)16-9-14(2,20)11-4-6-12(15)7-5-11/h4-7,20H,8-9H2,1-3H3,(H,16,19). The largest absolute Gasteiger partial charge is 0.384 e. The van der Waals surface area contributed by atoms with Gasteiger partial charge in [-0.05, 0) is 24.6 Å². The molecule has 0 aliphatic rings. The lowest BCUT2D eigenvalue weighted by molar-refractivity contribution is -0.133. The molecule has 0 aromatic heterocycles. The first-order valence-corrected chi connectivity index (χ1v) is 6.19. The number of nitrogens with zero attached hydrogens (tertiary/aromatic N) is 1. The van der Waals surface area contributed by atoms with Crippen LogP contribution in [0.2, 0.25) is 0 Å². The minimum atomic E-state index is -1.31. The van der Waals surface area contributed by atoms with Crippen molar-refractivity contribution in [1.82, 2.24) is 10.2 Å². The summed E-state index contributed by atoms with van der Waals surface area (Å²) < 4.78 is 12.8. The summed E-state index contributed by atoms with van der Waals surface area (Å²) in [5.74, 6) is -0.979. The first-order chi connectivity index (χ1) is 9.22. The van der Waals surface area contributed by atoms with E-state index in [1.54, 1.807) is 0 Å². The van der Waals surface area contributed by atoms with Gasteiger partial charge in [0.2, 0.25) is 11.8 Å². The Kier molecular flexibility index (Phi) is 5.21. The van der Waals surface area contributed by atoms with Crippen molar-refractivity contribution in [3.8, 4) is 0 Å². The summed E-state index contributed by atoms with van der Waals surface area (Å²) >= 11 is 0. The summed E-state index contributed by atoms with van der Waals surface area (Å²) in [6.07, 6.45) is 0. The zero-order valence-corrected chi connectivity index (χ0v) is 11.8. The number of nitrogens with one attached hydrogen (secondary N) is 1. The molecule has 0 radical (unpaired) electrons. The quantitative estimate of drug-likeness (QED) is 0.832. The first-order valence-electron chi connectivity index (χ1n) is 6.19. The van der Waals surface area contributed by atoms with Crippen LogP contribution in [0.3, 0.4) is 0 Å². The van der Waals surface area contributed by atoms with Gasteiger partial charge in [0.1, 0.15) is 11.4 Å². The summed E-state index contributed by atoms with van der Waals surface area (Å²) in [5, 5.41) is 12.8. The lowest BCUT2D eigenvalue weighted by Gasteiger charge is -2.25. The van der Waals surface area contributed by atoms with Crippen LogP contribution in [0.15, 0.2) is 24.3 Å². The van der Waals surface area contributed by atoms with Gasteiger partial charge >= 0.3 is 0 Å². The Morgan fingerprint density at radius 3 is 2.40 bits per heavy atom. The molecule has 0 saturated heterocycles. The molecule has 5 nitrogen and oxygen atoms in total. The number of hydrogen-bond acceptors (Lipinski definition) is 3. The molecule has 0 fully saturated rings. The van der Waals surface area contributed by atoms with E-state index in [0.29, 0.717) is 5.56 Å². The maximum absolute atomic E-state index is 12.8. The Labute approximate surface area is 117 Å². The van der Waals surface area contributed by atoms with Gasteiger partial charge in [-0.25, -0.2) is 4.39 Å². The maximum atomic E-state index is 12.8. The highest BCUT2D eigenvalue weighted by Crippen LogP contribution is 2.19. The number of benzene rings is 1. The summed E-state index contributed by atoms with van der Waals surface area (Å²) in [5.41, 5.74) is -0.808. The molecule has 6 heteroatoms. The van der Waals surface area contributed by atoms with E-state index in [2.05, 4.69) is 5.32 Å². The molecule has 2 N–H and O–H groups in total. The average Bonchev–Trinajstić information content (AvgIpc) is 2.37. The number of rotatable bonds is 5. The van der Waals surface area contributed by atoms with Crippen LogP contribution in [0.4, 0.5) is 4.39 Å². The van der Waals surface area contributed by atoms with E-state index in [1.165, 1.54) is 50.1 Å². The van der Waals surface area contributed by atoms with Gasteiger partial charge in [-0.2, -0.15) is 0 Å². The van der Waals surface area contributed by atoms with Crippen LogP contribution in [0.1, 0.15) is 19.4 Å². The number of aliphatic hydroxyl groups is 1. The van der Waals surface area contributed by atoms with Gasteiger partial charge in [-0.3, -0.25) is 9.59 Å². The van der Waals surface area contributed by atoms with Crippen LogP contribution in [-0.2, 0) is 15.2 Å². The second kappa shape index (κ2) is 6.47. The van der Waals surface area contributed by atoms with Crippen molar-refractivity contribution in [3.63, 3.8) is 0 Å². The lowest BCUT2D eigenvalue weighted by Crippen LogP contribution is -2.43. The van der Waals surface area contributed by atoms with E-state index in [0.717, 1.165) is 0 Å². The highest BCUT2D eigenvalue weighted by Gasteiger charge is 2.24. The molecular weight excluding hydrogens is 263 g/mol. The lowest BCUT2D eigenvalue weighted by atomic mass is 9.96. The molecule has 0 aliphatic carbocycles. The first kappa shape index (κ1) is 16.1. The van der Waals surface area contributed by atoms with Gasteiger partial charge in [0.25, 0.3) is 0 Å². The van der Waals surface area contributed by atoms with Crippen molar-refractivity contribution in [2.24, 2.45) is 0 Å². The fourth-order valence-corrected chi connectivity index (χ4v) is 1.56. The fraction of sp³-hybridized carbons (Fsp3) is 0.429. The summed E-state index contributed by atoms with van der Waals surface area (Å²) in [6, 6.07) is 5.41. The number of carbonyl (C=O) groups is 2. The Balaban J connectivity index is 2.57. The van der Waals surface area contributed by atoms with Crippen molar-refractivity contribution in [3.05, 3.63) is 35.6 Å². The predicted molar refractivity (Wildman–Crippen MR) is 72.3 cm³/mol. The molecule has 2 amide bonds. The Bertz CT molecular complexity index is 486. The number of carbonyl (C=O) groups excluding carboxylic acids is 2. The van der Waals surface area contributed by atoms with Crippen molar-refractivity contribution in [1.29, 1.82) is 0 Å². The monoisotopic (exact) mass is 282 g/mol. The van der Waals surface area contributed by atoms with E-state index >= 15 is 0 Å². The molecule has 1 unspecified atom stereocenters. The maximum Gasteiger partial charge on any atom is 0.239 e. The van der Waals surface area contributed by atoms with Gasteiger partial charge in [0.05, 0.1) is 13.1 Å². The van der Waals surface area contributed by atoms with Crippen molar-refractivity contribution in [2.75, 3.05) is 20.1 Å². The highest BCUT2D eigenvalue weighted by molar-refractivity contribution is 5.83. The zero-order valence-electron chi connectivity index (χ0n) is 11.8. The third-order valence-electron chi connectivity index (χ3n) is 3.01. The minimum absolute atomic E-state index is 0.0246. The molecule has 20 heavy (non-hydrogen) atoms. The smallest absolute Gasteiger partial charge is 0.239 e. The van der Waals surface area contributed by atoms with E-state index in [-0.39, 0.29) is 24.9 Å². The number of amides is 2. The SMILES string of the molecule is CC(=O)N(C)CC(=O)NCC(C)(O)c1ccc(F)cc1. The topological polar surface area (TPSA) is 69.6 Å². The van der Waals surface area contributed by atoms with Crippen LogP contribution < -0.4 is 5.32 Å². The van der Waals surface area contributed by atoms with E-state index in [9.17, 15) is 19.1 Å². The Hall–Kier alpha value is -1.95. The minimum Gasteiger partial charge on any atom is -0.384 e. The molecule has 1 aromatic carbocycles. The molecule has 0 aliphatic heterocycles. The molecule has 110 valence electrons. The molecule has 0 bridgehead atoms. The van der Waals surface area contributed by atoms with E-state index in [1.807, 2.05) is 0 Å². The Morgan fingerprint density at radius 2 is 1.90 bits per heavy atom. The normalized spacial score (nSPS) is 13.4. The van der Waals surface area contributed by atoms with Crippen molar-refractivity contribution in [2.45, 2.75) is 19.4 Å². The third-order valence-corrected chi connectivity index (χ3v) is 3.01. The fourth-order valence-electron chi connectivity index (χ4n) is 1.56. The molecule has 0 spiro atoms. The van der Waals surface area contributed by atoms with Gasteiger partial charge < -0.3 is 15.3 Å². The molecular formula is C14H19FN2O3. The number of likely N-dealkylation sites (N-methyl/N-ethyl adjacent to an activating group) is 1. The zero-order chi connectivity index (χ0) is 15.3. The predicted octanol–water partition coefficient (Wildman–Crippen LogP) is 0.628. The summed E-state index contributed by atoms with van der Waals surface area (Å²) in [4.78, 5) is 23.9. The van der Waals surface area contributed by atoms with Gasteiger partial charge in [0, 0.05) is 14.0 Å². The van der Waals surface area contributed by atoms with Crippen molar-refractivity contribution < 1.29 is 19.1 Å². The van der Waals surface area contributed by atoms with Crippen LogP contribution in [0.25, 0.3) is 0 Å². The second-order valence-electron chi connectivity index (χ2n) is 4.93. The number of hydrogen-bond donors (Lipinski definition) is 2. The highest BCUT2D eigenvalue weighted by atomic mass is 19.1. The second-order valence-corrected chi connectivity index (χ2v) is 4.93. The Morgan fingerprint density at radius 1 is 1.35 bits per heavy atom. The number of halogens is 1. The molecule has 1 rings (SSSR count).